The standard InChI is InChI=1S/C16H24O4/c1-3-5-6-7-8-9-10-14-20-16(18)12-11-15(17)19-13-4-2/h2,11-12H,3,5-10,13-14H2,1H3/b12-11+. The number of rotatable bonds is 11. The molecule has 0 heterocycles. The van der Waals surface area contributed by atoms with Crippen molar-refractivity contribution in [3.63, 3.8) is 0 Å². The van der Waals surface area contributed by atoms with Crippen LogP contribution in [0.3, 0.4) is 0 Å². The first-order valence-electron chi connectivity index (χ1n) is 7.15. The van der Waals surface area contributed by atoms with Crippen molar-refractivity contribution in [1.29, 1.82) is 0 Å². The Bertz CT molecular complexity index is 339. The van der Waals surface area contributed by atoms with Crippen molar-refractivity contribution < 1.29 is 19.1 Å². The Morgan fingerprint density at radius 3 is 2.10 bits per heavy atom. The Hall–Kier alpha value is -1.76. The summed E-state index contributed by atoms with van der Waals surface area (Å²) in [4.78, 5) is 22.2. The van der Waals surface area contributed by atoms with Crippen molar-refractivity contribution >= 4 is 11.9 Å². The first-order valence-corrected chi connectivity index (χ1v) is 7.15. The van der Waals surface area contributed by atoms with E-state index in [0.717, 1.165) is 25.0 Å². The van der Waals surface area contributed by atoms with E-state index in [4.69, 9.17) is 11.2 Å². The molecule has 0 saturated heterocycles. The van der Waals surface area contributed by atoms with E-state index in [9.17, 15) is 9.59 Å². The molecular formula is C16H24O4. The summed E-state index contributed by atoms with van der Waals surface area (Å²) in [5.74, 6) is 0.983. The number of carbonyl (C=O) groups excluding carboxylic acids is 2. The summed E-state index contributed by atoms with van der Waals surface area (Å²) in [5.41, 5.74) is 0. The molecule has 0 radical (unpaired) electrons. The highest BCUT2D eigenvalue weighted by atomic mass is 16.5. The molecule has 0 saturated carbocycles. The molecule has 4 nitrogen and oxygen atoms in total. The van der Waals surface area contributed by atoms with Gasteiger partial charge >= 0.3 is 11.9 Å². The van der Waals surface area contributed by atoms with Gasteiger partial charge in [-0.05, 0) is 6.42 Å². The van der Waals surface area contributed by atoms with Crippen molar-refractivity contribution in [1.82, 2.24) is 0 Å². The number of hydrogen-bond acceptors (Lipinski definition) is 4. The third-order valence-corrected chi connectivity index (χ3v) is 2.65. The third-order valence-electron chi connectivity index (χ3n) is 2.65. The molecule has 0 aliphatic rings. The number of esters is 2. The number of hydrogen-bond donors (Lipinski definition) is 0. The normalized spacial score (nSPS) is 10.2. The van der Waals surface area contributed by atoms with Gasteiger partial charge in [-0.1, -0.05) is 51.4 Å². The van der Waals surface area contributed by atoms with Gasteiger partial charge in [0, 0.05) is 12.2 Å². The highest BCUT2D eigenvalue weighted by molar-refractivity contribution is 5.91. The van der Waals surface area contributed by atoms with Crippen LogP contribution in [-0.2, 0) is 19.1 Å². The Balaban J connectivity index is 3.47. The van der Waals surface area contributed by atoms with Crippen LogP contribution in [-0.4, -0.2) is 25.2 Å². The van der Waals surface area contributed by atoms with E-state index in [1.807, 2.05) is 0 Å². The van der Waals surface area contributed by atoms with Crippen LogP contribution in [0.5, 0.6) is 0 Å². The van der Waals surface area contributed by atoms with E-state index in [2.05, 4.69) is 17.6 Å². The van der Waals surface area contributed by atoms with E-state index < -0.39 is 11.9 Å². The monoisotopic (exact) mass is 280 g/mol. The molecule has 0 aromatic rings. The predicted octanol–water partition coefficient (Wildman–Crippen LogP) is 3.01. The lowest BCUT2D eigenvalue weighted by Gasteiger charge is -2.02. The van der Waals surface area contributed by atoms with Crippen LogP contribution in [0.25, 0.3) is 0 Å². The molecule has 0 aromatic carbocycles. The molecule has 112 valence electrons. The van der Waals surface area contributed by atoms with Crippen LogP contribution in [0.1, 0.15) is 51.9 Å². The number of carbonyl (C=O) groups is 2. The summed E-state index contributed by atoms with van der Waals surface area (Å²) in [5, 5.41) is 0. The van der Waals surface area contributed by atoms with Crippen LogP contribution in [0.2, 0.25) is 0 Å². The van der Waals surface area contributed by atoms with E-state index in [1.54, 1.807) is 0 Å². The zero-order valence-corrected chi connectivity index (χ0v) is 12.2. The molecule has 0 unspecified atom stereocenters. The lowest BCUT2D eigenvalue weighted by atomic mass is 10.1. The second kappa shape index (κ2) is 13.7. The van der Waals surface area contributed by atoms with Gasteiger partial charge in [-0.15, -0.1) is 6.42 Å². The van der Waals surface area contributed by atoms with Crippen LogP contribution < -0.4 is 0 Å². The van der Waals surface area contributed by atoms with Crippen molar-refractivity contribution in [3.05, 3.63) is 12.2 Å². The van der Waals surface area contributed by atoms with Crippen LogP contribution in [0.4, 0.5) is 0 Å². The largest absolute Gasteiger partial charge is 0.463 e. The number of terminal acetylenes is 1. The van der Waals surface area contributed by atoms with Gasteiger partial charge < -0.3 is 9.47 Å². The Kier molecular flexibility index (Phi) is 12.5. The molecule has 0 amide bonds. The van der Waals surface area contributed by atoms with Gasteiger partial charge in [0.25, 0.3) is 0 Å². The summed E-state index contributed by atoms with van der Waals surface area (Å²) in [6.07, 6.45) is 15.1. The molecule has 0 rings (SSSR count). The minimum absolute atomic E-state index is 0.101. The Morgan fingerprint density at radius 1 is 0.950 bits per heavy atom. The summed E-state index contributed by atoms with van der Waals surface area (Å²) in [6, 6.07) is 0. The summed E-state index contributed by atoms with van der Waals surface area (Å²) in [7, 11) is 0. The molecule has 0 bridgehead atoms. The molecule has 0 N–H and O–H groups in total. The fraction of sp³-hybridized carbons (Fsp3) is 0.625. The molecule has 0 spiro atoms. The number of ether oxygens (including phenoxy) is 2. The average molecular weight is 280 g/mol. The Labute approximate surface area is 121 Å². The molecule has 0 fully saturated rings. The van der Waals surface area contributed by atoms with Crippen LogP contribution in [0.15, 0.2) is 12.2 Å². The maximum absolute atomic E-state index is 11.2. The smallest absolute Gasteiger partial charge is 0.331 e. The molecule has 0 atom stereocenters. The molecule has 0 aromatic heterocycles. The van der Waals surface area contributed by atoms with E-state index in [-0.39, 0.29) is 6.61 Å². The topological polar surface area (TPSA) is 52.6 Å². The lowest BCUT2D eigenvalue weighted by Crippen LogP contribution is -2.05. The van der Waals surface area contributed by atoms with Gasteiger partial charge in [-0.25, -0.2) is 9.59 Å². The van der Waals surface area contributed by atoms with E-state index in [1.165, 1.54) is 32.1 Å². The summed E-state index contributed by atoms with van der Waals surface area (Å²) in [6.45, 7) is 2.47. The van der Waals surface area contributed by atoms with Gasteiger partial charge in [0.2, 0.25) is 0 Å². The molecule has 0 aliphatic carbocycles. The van der Waals surface area contributed by atoms with Crippen molar-refractivity contribution in [2.45, 2.75) is 51.9 Å². The van der Waals surface area contributed by atoms with Crippen molar-refractivity contribution in [3.8, 4) is 12.3 Å². The summed E-state index contributed by atoms with van der Waals surface area (Å²) < 4.78 is 9.51. The average Bonchev–Trinajstić information content (AvgIpc) is 2.45. The van der Waals surface area contributed by atoms with Gasteiger partial charge in [0.05, 0.1) is 6.61 Å². The van der Waals surface area contributed by atoms with Crippen molar-refractivity contribution in [2.24, 2.45) is 0 Å². The first-order chi connectivity index (χ1) is 9.70. The predicted molar refractivity (Wildman–Crippen MR) is 77.9 cm³/mol. The molecule has 4 heteroatoms. The van der Waals surface area contributed by atoms with Gasteiger partial charge in [0.15, 0.2) is 6.61 Å². The lowest BCUT2D eigenvalue weighted by molar-refractivity contribution is -0.140. The quantitative estimate of drug-likeness (QED) is 0.253. The van der Waals surface area contributed by atoms with Gasteiger partial charge in [-0.2, -0.15) is 0 Å². The summed E-state index contributed by atoms with van der Waals surface area (Å²) >= 11 is 0. The zero-order chi connectivity index (χ0) is 15.1. The second-order valence-corrected chi connectivity index (χ2v) is 4.43. The highest BCUT2D eigenvalue weighted by Crippen LogP contribution is 2.06. The minimum Gasteiger partial charge on any atom is -0.463 e. The van der Waals surface area contributed by atoms with Crippen LogP contribution in [0, 0.1) is 12.3 Å². The van der Waals surface area contributed by atoms with Crippen molar-refractivity contribution in [2.75, 3.05) is 13.2 Å². The molecule has 20 heavy (non-hydrogen) atoms. The SMILES string of the molecule is C#CCOC(=O)/C=C/C(=O)OCCCCCCCCC. The molecule has 0 aliphatic heterocycles. The third kappa shape index (κ3) is 12.7. The fourth-order valence-corrected chi connectivity index (χ4v) is 1.58. The van der Waals surface area contributed by atoms with E-state index >= 15 is 0 Å². The second-order valence-electron chi connectivity index (χ2n) is 4.43. The van der Waals surface area contributed by atoms with E-state index in [0.29, 0.717) is 6.61 Å². The zero-order valence-electron chi connectivity index (χ0n) is 12.2. The maximum atomic E-state index is 11.2. The van der Waals surface area contributed by atoms with Gasteiger partial charge in [0.1, 0.15) is 0 Å². The number of unbranched alkanes of at least 4 members (excludes halogenated alkanes) is 6. The maximum Gasteiger partial charge on any atom is 0.331 e. The molecular weight excluding hydrogens is 256 g/mol. The van der Waals surface area contributed by atoms with Crippen LogP contribution >= 0.6 is 0 Å². The first kappa shape index (κ1) is 18.2. The fourth-order valence-electron chi connectivity index (χ4n) is 1.58. The minimum atomic E-state index is -0.643. The van der Waals surface area contributed by atoms with Gasteiger partial charge in [-0.3, -0.25) is 0 Å². The highest BCUT2D eigenvalue weighted by Gasteiger charge is 2.00. The Morgan fingerprint density at radius 2 is 1.50 bits per heavy atom.